The lowest BCUT2D eigenvalue weighted by Crippen LogP contribution is -2.56. The van der Waals surface area contributed by atoms with Gasteiger partial charge in [-0.1, -0.05) is 36.4 Å². The largest absolute Gasteiger partial charge is 0.493 e. The van der Waals surface area contributed by atoms with Gasteiger partial charge in [-0.25, -0.2) is 0 Å². The smallest absolute Gasteiger partial charge is 0.243 e. The third-order valence-electron chi connectivity index (χ3n) is 6.58. The van der Waals surface area contributed by atoms with Crippen LogP contribution in [0, 0.1) is 0 Å². The van der Waals surface area contributed by atoms with Crippen LogP contribution in [0.3, 0.4) is 0 Å². The number of hydrogen-bond donors (Lipinski definition) is 6. The van der Waals surface area contributed by atoms with Crippen LogP contribution in [-0.4, -0.2) is 86.5 Å². The Bertz CT molecular complexity index is 1300. The number of carbonyl (C=O) groups is 5. The number of hydrogen-bond acceptors (Lipinski definition) is 9. The standard InChI is InChI=1S/C30H42N6O7S/c1-18(34-29(40)21(31)14-20-10-11-24(42-2)25(16-20)43-3)28(39)33-17-26(37)35-23(15-19-8-6-5-7-9-19)30(41)36-22(27(32)38)12-13-44-4/h5-11,16,18,21-23H,12-15,17,31H2,1-4H3,(H2,32,38)(H,33,39)(H,34,40)(H,35,37)(H,36,41)/t18-,21-,22-,23-/m0/s1/i/hD. The van der Waals surface area contributed by atoms with Crippen LogP contribution < -0.4 is 42.2 Å². The fourth-order valence-corrected chi connectivity index (χ4v) is 4.61. The van der Waals surface area contributed by atoms with E-state index in [0.29, 0.717) is 29.2 Å². The van der Waals surface area contributed by atoms with Crippen LogP contribution >= 0.6 is 11.8 Å². The molecule has 0 saturated heterocycles. The molecular formula is C30H42N6O7S. The van der Waals surface area contributed by atoms with Gasteiger partial charge in [0.05, 0.1) is 26.8 Å². The number of benzene rings is 2. The van der Waals surface area contributed by atoms with E-state index in [-0.39, 0.29) is 12.8 Å². The second-order valence-corrected chi connectivity index (χ2v) is 10.9. The average Bonchev–Trinajstić information content (AvgIpc) is 3.03. The minimum absolute atomic E-state index is 0.130. The zero-order valence-electron chi connectivity index (χ0n) is 26.3. The molecule has 0 aliphatic carbocycles. The molecule has 0 aliphatic rings. The van der Waals surface area contributed by atoms with Crippen molar-refractivity contribution >= 4 is 41.3 Å². The molecule has 2 aromatic rings. The number of thioether (sulfide) groups is 1. The van der Waals surface area contributed by atoms with Gasteiger partial charge in [0.15, 0.2) is 11.5 Å². The molecule has 2 aromatic carbocycles. The third-order valence-corrected chi connectivity index (χ3v) is 7.23. The molecule has 44 heavy (non-hydrogen) atoms. The minimum Gasteiger partial charge on any atom is -0.493 e. The van der Waals surface area contributed by atoms with E-state index in [1.54, 1.807) is 42.5 Å². The zero-order chi connectivity index (χ0) is 33.4. The Kier molecular flexibility index (Phi) is 14.3. The van der Waals surface area contributed by atoms with Crippen LogP contribution in [0.5, 0.6) is 11.5 Å². The summed E-state index contributed by atoms with van der Waals surface area (Å²) in [6.07, 6.45) is 2.46. The number of amides is 5. The molecule has 8 N–H and O–H groups in total. The fraction of sp³-hybridized carbons (Fsp3) is 0.433. The highest BCUT2D eigenvalue weighted by molar-refractivity contribution is 7.98. The van der Waals surface area contributed by atoms with E-state index in [4.69, 9.17) is 16.6 Å². The third kappa shape index (κ3) is 11.8. The molecule has 0 fully saturated rings. The summed E-state index contributed by atoms with van der Waals surface area (Å²) in [7, 11) is 2.99. The Morgan fingerprint density at radius 1 is 0.864 bits per heavy atom. The monoisotopic (exact) mass is 631 g/mol. The van der Waals surface area contributed by atoms with E-state index in [2.05, 4.69) is 27.0 Å². The van der Waals surface area contributed by atoms with Gasteiger partial charge >= 0.3 is 0 Å². The molecule has 0 aliphatic heterocycles. The summed E-state index contributed by atoms with van der Waals surface area (Å²) in [5.41, 5.74) is 9.12. The lowest BCUT2D eigenvalue weighted by Gasteiger charge is -2.22. The van der Waals surface area contributed by atoms with Crippen LogP contribution in [0.2, 0.25) is 1.41 Å². The molecule has 0 spiro atoms. The molecule has 0 radical (unpaired) electrons. The van der Waals surface area contributed by atoms with Gasteiger partial charge in [-0.05, 0) is 55.0 Å². The van der Waals surface area contributed by atoms with E-state index in [1.807, 2.05) is 12.3 Å². The summed E-state index contributed by atoms with van der Waals surface area (Å²) < 4.78 is 18.1. The second-order valence-electron chi connectivity index (χ2n) is 9.95. The van der Waals surface area contributed by atoms with Crippen molar-refractivity contribution in [2.24, 2.45) is 11.5 Å². The SMILES string of the molecule is [2H]N[C@@H](Cc1ccc(OC)c(OC)c1)C(=O)N[C@@H](C)C(=O)NCC(=O)N[C@@H](Cc1ccccc1)C(=O)N[C@@H](CCSC)C(N)=O. The van der Waals surface area contributed by atoms with Crippen molar-refractivity contribution in [2.45, 2.75) is 50.4 Å². The first kappa shape index (κ1) is 34.2. The van der Waals surface area contributed by atoms with Crippen molar-refractivity contribution < 1.29 is 34.9 Å². The van der Waals surface area contributed by atoms with Crippen molar-refractivity contribution in [3.05, 3.63) is 59.7 Å². The van der Waals surface area contributed by atoms with Gasteiger partial charge < -0.3 is 42.2 Å². The highest BCUT2D eigenvalue weighted by Gasteiger charge is 2.27. The van der Waals surface area contributed by atoms with Crippen molar-refractivity contribution in [1.82, 2.24) is 21.3 Å². The maximum absolute atomic E-state index is 13.1. The van der Waals surface area contributed by atoms with Crippen molar-refractivity contribution in [3.63, 3.8) is 0 Å². The van der Waals surface area contributed by atoms with Gasteiger partial charge in [-0.2, -0.15) is 11.8 Å². The molecule has 0 heterocycles. The molecule has 240 valence electrons. The number of methoxy groups -OCH3 is 2. The highest BCUT2D eigenvalue weighted by Crippen LogP contribution is 2.27. The van der Waals surface area contributed by atoms with Crippen molar-refractivity contribution in [1.29, 1.82) is 0 Å². The molecule has 4 atom stereocenters. The van der Waals surface area contributed by atoms with Crippen LogP contribution in [0.25, 0.3) is 0 Å². The first-order valence-corrected chi connectivity index (χ1v) is 15.3. The zero-order valence-corrected chi connectivity index (χ0v) is 26.1. The molecule has 0 bridgehead atoms. The van der Waals surface area contributed by atoms with Gasteiger partial charge in [0.25, 0.3) is 0 Å². The molecule has 5 amide bonds. The van der Waals surface area contributed by atoms with Gasteiger partial charge in [-0.15, -0.1) is 0 Å². The van der Waals surface area contributed by atoms with Gasteiger partial charge in [-0.3, -0.25) is 24.0 Å². The van der Waals surface area contributed by atoms with Gasteiger partial charge in [0, 0.05) is 6.42 Å². The summed E-state index contributed by atoms with van der Waals surface area (Å²) in [4.78, 5) is 63.3. The number of nitrogens with one attached hydrogen (secondary N) is 4. The lowest BCUT2D eigenvalue weighted by atomic mass is 10.0. The first-order chi connectivity index (χ1) is 21.5. The maximum Gasteiger partial charge on any atom is 0.243 e. The fourth-order valence-electron chi connectivity index (χ4n) is 4.13. The van der Waals surface area contributed by atoms with Crippen LogP contribution in [0.15, 0.2) is 48.5 Å². The van der Waals surface area contributed by atoms with E-state index in [9.17, 15) is 24.0 Å². The number of carbonyl (C=O) groups excluding carboxylic acids is 5. The molecule has 0 unspecified atom stereocenters. The van der Waals surface area contributed by atoms with Crippen LogP contribution in [0.1, 0.15) is 24.5 Å². The molecule has 0 aromatic heterocycles. The highest BCUT2D eigenvalue weighted by atomic mass is 32.2. The van der Waals surface area contributed by atoms with Crippen molar-refractivity contribution in [3.8, 4) is 11.5 Å². The number of rotatable bonds is 19. The average molecular weight is 632 g/mol. The normalized spacial score (nSPS) is 13.7. The number of ether oxygens (including phenoxy) is 2. The summed E-state index contributed by atoms with van der Waals surface area (Å²) in [6, 6.07) is 10.1. The topological polar surface area (TPSA) is 204 Å². The molecule has 2 rings (SSSR count). The Balaban J connectivity index is 1.98. The van der Waals surface area contributed by atoms with E-state index < -0.39 is 60.2 Å². The van der Waals surface area contributed by atoms with Gasteiger partial charge in [0.1, 0.15) is 19.5 Å². The Morgan fingerprint density at radius 2 is 1.57 bits per heavy atom. The molecular weight excluding hydrogens is 588 g/mol. The molecule has 14 heteroatoms. The van der Waals surface area contributed by atoms with E-state index in [1.165, 1.54) is 32.9 Å². The van der Waals surface area contributed by atoms with Gasteiger partial charge in [0.2, 0.25) is 29.5 Å². The summed E-state index contributed by atoms with van der Waals surface area (Å²) >= 11 is 1.50. The van der Waals surface area contributed by atoms with Crippen LogP contribution in [-0.2, 0) is 36.8 Å². The Morgan fingerprint density at radius 3 is 2.18 bits per heavy atom. The summed E-state index contributed by atoms with van der Waals surface area (Å²) in [5.74, 6) is -1.60. The minimum atomic E-state index is -1.05. The first-order valence-electron chi connectivity index (χ1n) is 14.4. The van der Waals surface area contributed by atoms with E-state index in [0.717, 1.165) is 5.56 Å². The lowest BCUT2D eigenvalue weighted by molar-refractivity contribution is -0.132. The Labute approximate surface area is 263 Å². The summed E-state index contributed by atoms with van der Waals surface area (Å²) in [5, 5.41) is 10.2. The quantitative estimate of drug-likeness (QED) is 0.120. The molecule has 13 nitrogen and oxygen atoms in total. The van der Waals surface area contributed by atoms with Crippen molar-refractivity contribution in [2.75, 3.05) is 32.8 Å². The predicted molar refractivity (Wildman–Crippen MR) is 168 cm³/mol. The second kappa shape index (κ2) is 18.4. The predicted octanol–water partition coefficient (Wildman–Crippen LogP) is -0.355. The number of primary amides is 1. The van der Waals surface area contributed by atoms with Crippen LogP contribution in [0.4, 0.5) is 0 Å². The van der Waals surface area contributed by atoms with E-state index >= 15 is 0 Å². The molecule has 0 saturated carbocycles. The maximum atomic E-state index is 13.1. The Hall–Kier alpha value is -4.30. The number of nitrogens with two attached hydrogens (primary N) is 2. The summed E-state index contributed by atoms with van der Waals surface area (Å²) in [6.45, 7) is 0.960.